The van der Waals surface area contributed by atoms with Crippen molar-refractivity contribution in [1.29, 1.82) is 0 Å². The Morgan fingerprint density at radius 3 is 1.88 bits per heavy atom. The molecule has 0 aliphatic heterocycles. The van der Waals surface area contributed by atoms with Gasteiger partial charge in [-0.15, -0.1) is 0 Å². The zero-order chi connectivity index (χ0) is 23.2. The minimum absolute atomic E-state index is 0.0990. The Morgan fingerprint density at radius 1 is 0.758 bits per heavy atom. The van der Waals surface area contributed by atoms with Gasteiger partial charge in [0.1, 0.15) is 11.5 Å². The van der Waals surface area contributed by atoms with Gasteiger partial charge in [0, 0.05) is 0 Å². The normalized spacial score (nSPS) is 12.6. The van der Waals surface area contributed by atoms with E-state index in [0.29, 0.717) is 5.75 Å². The largest absolute Gasteiger partial charge is 0.423 e. The van der Waals surface area contributed by atoms with Gasteiger partial charge in [0.2, 0.25) is 5.83 Å². The van der Waals surface area contributed by atoms with E-state index < -0.39 is 17.8 Å². The molecule has 0 spiro atoms. The van der Waals surface area contributed by atoms with Crippen LogP contribution < -0.4 is 9.47 Å². The molecule has 0 bridgehead atoms. The first-order valence-electron chi connectivity index (χ1n) is 10.4. The number of carbonyl (C=O) groups excluding carboxylic acids is 2. The van der Waals surface area contributed by atoms with E-state index in [1.807, 2.05) is 12.1 Å². The summed E-state index contributed by atoms with van der Waals surface area (Å²) in [5.74, 6) is -2.43. The molecule has 3 aromatic rings. The Hall–Kier alpha value is -4.25. The Balaban J connectivity index is 1.38. The van der Waals surface area contributed by atoms with E-state index in [2.05, 4.69) is 49.1 Å². The highest BCUT2D eigenvalue weighted by Crippen LogP contribution is 2.28. The number of carbonyl (C=O) groups is 2. The van der Waals surface area contributed by atoms with Gasteiger partial charge in [-0.05, 0) is 71.5 Å². The summed E-state index contributed by atoms with van der Waals surface area (Å²) >= 11 is 0. The van der Waals surface area contributed by atoms with E-state index in [9.17, 15) is 14.0 Å². The maximum atomic E-state index is 12.7. The van der Waals surface area contributed by atoms with Crippen LogP contribution >= 0.6 is 0 Å². The number of hydrogen-bond donors (Lipinski definition) is 0. The third-order valence-corrected chi connectivity index (χ3v) is 5.19. The summed E-state index contributed by atoms with van der Waals surface area (Å²) in [5, 5.41) is 0. The Morgan fingerprint density at radius 2 is 1.30 bits per heavy atom. The first-order valence-corrected chi connectivity index (χ1v) is 10.4. The molecule has 1 aliphatic carbocycles. The molecule has 0 N–H and O–H groups in total. The Labute approximate surface area is 191 Å². The molecule has 4 nitrogen and oxygen atoms in total. The van der Waals surface area contributed by atoms with Gasteiger partial charge in [-0.25, -0.2) is 9.59 Å². The third kappa shape index (κ3) is 5.52. The van der Waals surface area contributed by atoms with Gasteiger partial charge < -0.3 is 9.47 Å². The van der Waals surface area contributed by atoms with Gasteiger partial charge in [0.15, 0.2) is 0 Å². The van der Waals surface area contributed by atoms with Crippen LogP contribution in [0.2, 0.25) is 0 Å². The molecule has 4 rings (SSSR count). The van der Waals surface area contributed by atoms with E-state index in [1.165, 1.54) is 35.4 Å². The van der Waals surface area contributed by atoms with Crippen LogP contribution in [0.15, 0.2) is 103 Å². The van der Waals surface area contributed by atoms with Crippen LogP contribution in [-0.2, 0) is 4.79 Å². The van der Waals surface area contributed by atoms with Crippen LogP contribution in [0.3, 0.4) is 0 Å². The first kappa shape index (κ1) is 22.0. The summed E-state index contributed by atoms with van der Waals surface area (Å²) in [6, 6.07) is 21.3. The number of rotatable bonds is 6. The lowest BCUT2D eigenvalue weighted by Gasteiger charge is -2.10. The summed E-state index contributed by atoms with van der Waals surface area (Å²) in [5.41, 5.74) is 4.92. The van der Waals surface area contributed by atoms with Crippen molar-refractivity contribution in [3.05, 3.63) is 115 Å². The van der Waals surface area contributed by atoms with Crippen molar-refractivity contribution in [1.82, 2.24) is 0 Å². The third-order valence-electron chi connectivity index (χ3n) is 5.19. The van der Waals surface area contributed by atoms with Gasteiger partial charge in [-0.3, -0.25) is 0 Å². The summed E-state index contributed by atoms with van der Waals surface area (Å²) in [4.78, 5) is 23.6. The molecule has 0 aromatic heterocycles. The monoisotopic (exact) mass is 440 g/mol. The lowest BCUT2D eigenvalue weighted by Crippen LogP contribution is -2.10. The molecule has 0 saturated carbocycles. The van der Waals surface area contributed by atoms with Gasteiger partial charge in [0.25, 0.3) is 0 Å². The highest BCUT2D eigenvalue weighted by Gasteiger charge is 2.12. The van der Waals surface area contributed by atoms with Crippen LogP contribution in [0.5, 0.6) is 11.5 Å². The minimum atomic E-state index is -1.20. The highest BCUT2D eigenvalue weighted by atomic mass is 19.1. The molecular formula is C28H21FO4. The second-order valence-corrected chi connectivity index (χ2v) is 7.47. The van der Waals surface area contributed by atoms with E-state index >= 15 is 0 Å². The number of benzene rings is 3. The molecule has 3 aromatic carbocycles. The number of allylic oxidation sites excluding steroid dienone is 4. The SMILES string of the molecule is C=C(F)C(=O)Oc1ccc(C(=O)Oc2ccc(-c3ccc(C4=CC=CCC4)cc3)cc2)cc1. The summed E-state index contributed by atoms with van der Waals surface area (Å²) in [7, 11) is 0. The number of ether oxygens (including phenoxy) is 2. The summed E-state index contributed by atoms with van der Waals surface area (Å²) < 4.78 is 22.9. The van der Waals surface area contributed by atoms with Crippen molar-refractivity contribution in [3.8, 4) is 22.6 Å². The highest BCUT2D eigenvalue weighted by molar-refractivity contribution is 5.91. The standard InChI is InChI=1S/C28H21FO4/c1-19(29)27(30)32-25-17-13-24(14-18-25)28(31)33-26-15-11-23(12-16-26)22-9-7-21(8-10-22)20-5-3-2-4-6-20/h2-3,5,7-18H,1,4,6H2. The first-order chi connectivity index (χ1) is 16.0. The predicted octanol–water partition coefficient (Wildman–Crippen LogP) is 6.69. The molecule has 0 amide bonds. The van der Waals surface area contributed by atoms with Crippen molar-refractivity contribution in [3.63, 3.8) is 0 Å². The molecule has 33 heavy (non-hydrogen) atoms. The Bertz CT molecular complexity index is 1230. The van der Waals surface area contributed by atoms with Crippen LogP contribution in [0.25, 0.3) is 16.7 Å². The van der Waals surface area contributed by atoms with Gasteiger partial charge in [0.05, 0.1) is 5.56 Å². The fourth-order valence-electron chi connectivity index (χ4n) is 3.42. The van der Waals surface area contributed by atoms with Crippen molar-refractivity contribution >= 4 is 17.5 Å². The molecule has 5 heteroatoms. The molecule has 0 fully saturated rings. The lowest BCUT2D eigenvalue weighted by molar-refractivity contribution is -0.131. The molecule has 0 unspecified atom stereocenters. The molecule has 0 radical (unpaired) electrons. The molecule has 1 aliphatic rings. The second-order valence-electron chi connectivity index (χ2n) is 7.47. The van der Waals surface area contributed by atoms with Crippen molar-refractivity contribution in [2.45, 2.75) is 12.8 Å². The van der Waals surface area contributed by atoms with Crippen molar-refractivity contribution in [2.75, 3.05) is 0 Å². The van der Waals surface area contributed by atoms with Crippen LogP contribution in [0.4, 0.5) is 4.39 Å². The Kier molecular flexibility index (Phi) is 6.60. The lowest BCUT2D eigenvalue weighted by atomic mass is 9.95. The predicted molar refractivity (Wildman–Crippen MR) is 126 cm³/mol. The van der Waals surface area contributed by atoms with Gasteiger partial charge >= 0.3 is 11.9 Å². The second kappa shape index (κ2) is 9.92. The van der Waals surface area contributed by atoms with Crippen molar-refractivity contribution in [2.24, 2.45) is 0 Å². The maximum absolute atomic E-state index is 12.7. The van der Waals surface area contributed by atoms with Crippen LogP contribution in [0.1, 0.15) is 28.8 Å². The zero-order valence-electron chi connectivity index (χ0n) is 17.8. The summed E-state index contributed by atoms with van der Waals surface area (Å²) in [6.45, 7) is 2.87. The van der Waals surface area contributed by atoms with E-state index in [-0.39, 0.29) is 11.3 Å². The van der Waals surface area contributed by atoms with E-state index in [0.717, 1.165) is 24.0 Å². The van der Waals surface area contributed by atoms with E-state index in [1.54, 1.807) is 12.1 Å². The maximum Gasteiger partial charge on any atom is 0.371 e. The summed E-state index contributed by atoms with van der Waals surface area (Å²) in [6.07, 6.45) is 8.55. The fraction of sp³-hybridized carbons (Fsp3) is 0.0714. The quantitative estimate of drug-likeness (QED) is 0.243. The molecule has 0 heterocycles. The van der Waals surface area contributed by atoms with Crippen LogP contribution in [-0.4, -0.2) is 11.9 Å². The van der Waals surface area contributed by atoms with Gasteiger partial charge in [-0.2, -0.15) is 4.39 Å². The van der Waals surface area contributed by atoms with Gasteiger partial charge in [-0.1, -0.05) is 61.2 Å². The number of esters is 2. The molecule has 164 valence electrons. The molecule has 0 saturated heterocycles. The van der Waals surface area contributed by atoms with Crippen LogP contribution in [0, 0.1) is 0 Å². The fourth-order valence-corrected chi connectivity index (χ4v) is 3.42. The minimum Gasteiger partial charge on any atom is -0.423 e. The van der Waals surface area contributed by atoms with Crippen molar-refractivity contribution < 1.29 is 23.5 Å². The number of hydrogen-bond acceptors (Lipinski definition) is 4. The average Bonchev–Trinajstić information content (AvgIpc) is 2.85. The smallest absolute Gasteiger partial charge is 0.371 e. The average molecular weight is 440 g/mol. The molecule has 0 atom stereocenters. The zero-order valence-corrected chi connectivity index (χ0v) is 17.8. The molecular weight excluding hydrogens is 419 g/mol. The van der Waals surface area contributed by atoms with E-state index in [4.69, 9.17) is 9.47 Å². The topological polar surface area (TPSA) is 52.6 Å². The number of halogens is 1.